The highest BCUT2D eigenvalue weighted by atomic mass is 35.5. The van der Waals surface area contributed by atoms with Gasteiger partial charge in [-0.2, -0.15) is 17.8 Å². The normalized spacial score (nSPS) is 14.9. The van der Waals surface area contributed by atoms with Crippen LogP contribution in [-0.4, -0.2) is 52.1 Å². The maximum Gasteiger partial charge on any atom is 0.353 e. The van der Waals surface area contributed by atoms with Gasteiger partial charge in [0.2, 0.25) is 0 Å². The smallest absolute Gasteiger partial charge is 0.353 e. The van der Waals surface area contributed by atoms with Crippen LogP contribution in [0.15, 0.2) is 18.2 Å². The van der Waals surface area contributed by atoms with E-state index in [0.29, 0.717) is 26.8 Å². The van der Waals surface area contributed by atoms with Crippen molar-refractivity contribution in [3.63, 3.8) is 0 Å². The van der Waals surface area contributed by atoms with Gasteiger partial charge in [0.1, 0.15) is 11.2 Å². The molecule has 0 aliphatic heterocycles. The summed E-state index contributed by atoms with van der Waals surface area (Å²) in [6.07, 6.45) is 1.74. The van der Waals surface area contributed by atoms with Crippen molar-refractivity contribution in [3.8, 4) is 11.1 Å². The van der Waals surface area contributed by atoms with Crippen molar-refractivity contribution in [2.24, 2.45) is 0 Å². The van der Waals surface area contributed by atoms with E-state index in [2.05, 4.69) is 10.1 Å². The first-order valence-corrected chi connectivity index (χ1v) is 10.5. The molecule has 0 unspecified atom stereocenters. The van der Waals surface area contributed by atoms with E-state index in [4.69, 9.17) is 23.2 Å². The number of nitrogens with one attached hydrogen (secondary N) is 1. The molecule has 1 fully saturated rings. The van der Waals surface area contributed by atoms with E-state index in [1.807, 2.05) is 0 Å². The van der Waals surface area contributed by atoms with Gasteiger partial charge in [0, 0.05) is 35.6 Å². The highest BCUT2D eigenvalue weighted by molar-refractivity contribution is 7.87. The van der Waals surface area contributed by atoms with Gasteiger partial charge >= 0.3 is 16.2 Å². The molecule has 1 aromatic carbocycles. The predicted octanol–water partition coefficient (Wildman–Crippen LogP) is 3.57. The Morgan fingerprint density at radius 2 is 1.86 bits per heavy atom. The average molecular weight is 443 g/mol. The zero-order valence-corrected chi connectivity index (χ0v) is 17.2. The van der Waals surface area contributed by atoms with Gasteiger partial charge in [0.25, 0.3) is 0 Å². The van der Waals surface area contributed by atoms with Crippen LogP contribution in [0, 0.1) is 0 Å². The first-order valence-electron chi connectivity index (χ1n) is 8.38. The molecule has 8 nitrogen and oxygen atoms in total. The third-order valence-corrected chi connectivity index (χ3v) is 6.69. The van der Waals surface area contributed by atoms with Gasteiger partial charge in [-0.3, -0.25) is 0 Å². The Kier molecular flexibility index (Phi) is 4.46. The lowest BCUT2D eigenvalue weighted by Gasteiger charge is -2.13. The molecule has 1 aliphatic carbocycles. The summed E-state index contributed by atoms with van der Waals surface area (Å²) >= 11 is 12.2. The molecule has 1 saturated carbocycles. The molecule has 1 aliphatic rings. The van der Waals surface area contributed by atoms with Gasteiger partial charge in [-0.25, -0.2) is 4.79 Å². The van der Waals surface area contributed by atoms with Crippen molar-refractivity contribution >= 4 is 50.4 Å². The van der Waals surface area contributed by atoms with Crippen molar-refractivity contribution in [3.05, 3.63) is 39.6 Å². The Labute approximate surface area is 170 Å². The molecule has 2 heterocycles. The van der Waals surface area contributed by atoms with Crippen LogP contribution in [0.3, 0.4) is 0 Å². The third-order valence-electron chi connectivity index (χ3n) is 4.63. The van der Waals surface area contributed by atoms with Gasteiger partial charge in [-0.15, -0.1) is 4.09 Å². The fourth-order valence-electron chi connectivity index (χ4n) is 3.17. The quantitative estimate of drug-likeness (QED) is 0.627. The number of aromatic nitrogens is 3. The van der Waals surface area contributed by atoms with Crippen molar-refractivity contribution in [2.45, 2.75) is 18.8 Å². The molecule has 0 radical (unpaired) electrons. The second kappa shape index (κ2) is 6.48. The summed E-state index contributed by atoms with van der Waals surface area (Å²) in [5.41, 5.74) is 1.54. The van der Waals surface area contributed by atoms with Crippen LogP contribution in [0.2, 0.25) is 10.0 Å². The van der Waals surface area contributed by atoms with Crippen LogP contribution >= 0.6 is 23.2 Å². The molecule has 0 saturated heterocycles. The Bertz CT molecular complexity index is 1210. The number of nitrogens with zero attached hydrogens (tertiary/aromatic N) is 3. The number of benzene rings is 1. The Hall–Kier alpha value is -2.07. The highest BCUT2D eigenvalue weighted by Gasteiger charge is 2.36. The maximum atomic E-state index is 12.9. The molecule has 0 amide bonds. The van der Waals surface area contributed by atoms with Crippen LogP contribution < -0.4 is 0 Å². The Morgan fingerprint density at radius 3 is 2.36 bits per heavy atom. The number of hydrogen-bond acceptors (Lipinski definition) is 4. The standard InChI is InChI=1S/C17H16Cl2N4O4S/c1-22(2)28(26,27)23-16-12(9-5-10(18)7-11(19)6-9)14(17(24)25)20-15(16)13(21-23)8-3-4-8/h5-8,20H,3-4H2,1-2H3,(H,24,25). The van der Waals surface area contributed by atoms with Crippen LogP contribution in [0.1, 0.15) is 34.9 Å². The minimum absolute atomic E-state index is 0.0946. The summed E-state index contributed by atoms with van der Waals surface area (Å²) < 4.78 is 27.7. The van der Waals surface area contributed by atoms with E-state index in [0.717, 1.165) is 21.2 Å². The summed E-state index contributed by atoms with van der Waals surface area (Å²) in [6, 6.07) is 4.60. The number of halogens is 2. The van der Waals surface area contributed by atoms with Crippen LogP contribution in [-0.2, 0) is 10.2 Å². The SMILES string of the molecule is CN(C)S(=O)(=O)n1nc(C2CC2)c2[nH]c(C(=O)O)c(-c3cc(Cl)cc(Cl)c3)c21. The zero-order valence-electron chi connectivity index (χ0n) is 14.9. The molecule has 28 heavy (non-hydrogen) atoms. The summed E-state index contributed by atoms with van der Waals surface area (Å²) in [5, 5.41) is 14.7. The molecule has 3 aromatic rings. The molecular weight excluding hydrogens is 427 g/mol. The van der Waals surface area contributed by atoms with Crippen LogP contribution in [0.25, 0.3) is 22.2 Å². The lowest BCUT2D eigenvalue weighted by atomic mass is 10.0. The fraction of sp³-hybridized carbons (Fsp3) is 0.294. The maximum absolute atomic E-state index is 12.9. The predicted molar refractivity (Wildman–Crippen MR) is 106 cm³/mol. The van der Waals surface area contributed by atoms with E-state index >= 15 is 0 Å². The number of hydrogen-bond donors (Lipinski definition) is 2. The van der Waals surface area contributed by atoms with Gasteiger partial charge in [0.15, 0.2) is 0 Å². The Balaban J connectivity index is 2.16. The second-order valence-electron chi connectivity index (χ2n) is 6.85. The van der Waals surface area contributed by atoms with Crippen LogP contribution in [0.5, 0.6) is 0 Å². The summed E-state index contributed by atoms with van der Waals surface area (Å²) in [4.78, 5) is 14.8. The van der Waals surface area contributed by atoms with Crippen molar-refractivity contribution in [1.29, 1.82) is 0 Å². The highest BCUT2D eigenvalue weighted by Crippen LogP contribution is 2.45. The third kappa shape index (κ3) is 2.98. The number of aromatic carboxylic acids is 1. The van der Waals surface area contributed by atoms with Gasteiger partial charge in [-0.1, -0.05) is 23.2 Å². The first-order chi connectivity index (χ1) is 13.1. The minimum Gasteiger partial charge on any atom is -0.477 e. The Morgan fingerprint density at radius 1 is 1.25 bits per heavy atom. The molecule has 0 spiro atoms. The van der Waals surface area contributed by atoms with Gasteiger partial charge in [0.05, 0.1) is 11.2 Å². The molecule has 4 rings (SSSR count). The van der Waals surface area contributed by atoms with Crippen molar-refractivity contribution in [2.75, 3.05) is 14.1 Å². The van der Waals surface area contributed by atoms with Crippen LogP contribution in [0.4, 0.5) is 0 Å². The molecule has 2 N–H and O–H groups in total. The number of fused-ring (bicyclic) bond motifs is 1. The van der Waals surface area contributed by atoms with E-state index in [9.17, 15) is 18.3 Å². The molecule has 0 bridgehead atoms. The minimum atomic E-state index is -3.99. The molecule has 0 atom stereocenters. The average Bonchev–Trinajstić information content (AvgIpc) is 3.23. The fourth-order valence-corrected chi connectivity index (χ4v) is 4.61. The van der Waals surface area contributed by atoms with E-state index in [1.54, 1.807) is 12.1 Å². The monoisotopic (exact) mass is 442 g/mol. The van der Waals surface area contributed by atoms with Crippen molar-refractivity contribution in [1.82, 2.24) is 18.5 Å². The van der Waals surface area contributed by atoms with E-state index in [1.165, 1.54) is 20.2 Å². The number of carbonyl (C=O) groups is 1. The number of rotatable bonds is 5. The summed E-state index contributed by atoms with van der Waals surface area (Å²) in [5.74, 6) is -1.13. The lowest BCUT2D eigenvalue weighted by molar-refractivity contribution is 0.0692. The topological polar surface area (TPSA) is 108 Å². The second-order valence-corrected chi connectivity index (χ2v) is 9.70. The van der Waals surface area contributed by atoms with Gasteiger partial charge < -0.3 is 10.1 Å². The number of carboxylic acid groups (broad SMARTS) is 1. The number of aromatic amines is 1. The summed E-state index contributed by atoms with van der Waals surface area (Å²) in [6.45, 7) is 0. The number of carboxylic acids is 1. The van der Waals surface area contributed by atoms with Gasteiger partial charge in [-0.05, 0) is 36.6 Å². The number of H-pyrrole nitrogens is 1. The molecule has 2 aromatic heterocycles. The van der Waals surface area contributed by atoms with Crippen molar-refractivity contribution < 1.29 is 18.3 Å². The first kappa shape index (κ1) is 19.3. The largest absolute Gasteiger partial charge is 0.477 e. The lowest BCUT2D eigenvalue weighted by Crippen LogP contribution is -2.29. The van der Waals surface area contributed by atoms with E-state index < -0.39 is 16.2 Å². The van der Waals surface area contributed by atoms with E-state index in [-0.39, 0.29) is 22.7 Å². The zero-order chi connectivity index (χ0) is 20.4. The molecule has 148 valence electrons. The summed E-state index contributed by atoms with van der Waals surface area (Å²) in [7, 11) is -1.21. The molecular formula is C17H16Cl2N4O4S. The molecule has 11 heteroatoms.